The second kappa shape index (κ2) is 12.5. The molecule has 0 spiro atoms. The summed E-state index contributed by atoms with van der Waals surface area (Å²) in [7, 11) is 0. The van der Waals surface area contributed by atoms with Gasteiger partial charge in [-0.2, -0.15) is 0 Å². The summed E-state index contributed by atoms with van der Waals surface area (Å²) in [4.78, 5) is 10.7. The van der Waals surface area contributed by atoms with E-state index >= 15 is 0 Å². The minimum atomic E-state index is 0.310. The molecule has 0 bridgehead atoms. The molecule has 0 aliphatic rings. The predicted octanol–water partition coefficient (Wildman–Crippen LogP) is 5.05. The van der Waals surface area contributed by atoms with E-state index < -0.39 is 0 Å². The Kier molecular flexibility index (Phi) is 12.0. The largest absolute Gasteiger partial charge is 0.300 e. The highest BCUT2D eigenvalue weighted by molar-refractivity contribution is 5.75. The van der Waals surface area contributed by atoms with Crippen LogP contribution < -0.4 is 0 Å². The monoisotopic (exact) mass is 224 g/mol. The molecule has 0 rings (SSSR count). The van der Waals surface area contributed by atoms with E-state index in [-0.39, 0.29) is 0 Å². The van der Waals surface area contributed by atoms with Gasteiger partial charge in [-0.25, -0.2) is 0 Å². The fraction of sp³-hybridized carbons (Fsp3) is 0.800. The molecule has 0 saturated carbocycles. The van der Waals surface area contributed by atoms with Crippen LogP contribution in [0.5, 0.6) is 0 Å². The number of carbonyl (C=O) groups excluding carboxylic acids is 1. The number of rotatable bonds is 11. The van der Waals surface area contributed by atoms with Crippen molar-refractivity contribution in [3.8, 4) is 0 Å². The number of allylic oxidation sites excluding steroid dienone is 2. The molecule has 94 valence electrons. The Hall–Kier alpha value is -0.590. The molecule has 1 nitrogen and oxygen atoms in total. The fourth-order valence-corrected chi connectivity index (χ4v) is 1.75. The summed E-state index contributed by atoms with van der Waals surface area (Å²) in [6, 6.07) is 0. The highest BCUT2D eigenvalue weighted by Gasteiger charge is 1.90. The molecule has 0 saturated heterocycles. The van der Waals surface area contributed by atoms with Gasteiger partial charge in [0.1, 0.15) is 5.78 Å². The Morgan fingerprint density at radius 1 is 0.875 bits per heavy atom. The van der Waals surface area contributed by atoms with E-state index in [1.807, 2.05) is 0 Å². The third-order valence-electron chi connectivity index (χ3n) is 2.79. The number of hydrogen-bond acceptors (Lipinski definition) is 1. The van der Waals surface area contributed by atoms with Crippen LogP contribution in [0.2, 0.25) is 0 Å². The van der Waals surface area contributed by atoms with E-state index in [4.69, 9.17) is 0 Å². The Morgan fingerprint density at radius 3 is 2.06 bits per heavy atom. The van der Waals surface area contributed by atoms with Crippen LogP contribution >= 0.6 is 0 Å². The lowest BCUT2D eigenvalue weighted by atomic mass is 10.1. The maximum absolute atomic E-state index is 10.7. The van der Waals surface area contributed by atoms with Gasteiger partial charge in [0, 0.05) is 6.42 Å². The van der Waals surface area contributed by atoms with Crippen LogP contribution in [0, 0.1) is 0 Å². The molecule has 1 heteroatoms. The third kappa shape index (κ3) is 13.4. The van der Waals surface area contributed by atoms with Gasteiger partial charge < -0.3 is 4.79 Å². The Bertz CT molecular complexity index is 182. The van der Waals surface area contributed by atoms with Gasteiger partial charge in [-0.15, -0.1) is 0 Å². The van der Waals surface area contributed by atoms with Crippen LogP contribution in [-0.2, 0) is 4.79 Å². The molecule has 16 heavy (non-hydrogen) atoms. The first-order valence-electron chi connectivity index (χ1n) is 6.91. The zero-order valence-electron chi connectivity index (χ0n) is 11.1. The van der Waals surface area contributed by atoms with Gasteiger partial charge in [-0.1, -0.05) is 51.2 Å². The first-order chi connectivity index (χ1) is 7.77. The summed E-state index contributed by atoms with van der Waals surface area (Å²) in [5.74, 6) is 0.310. The second-order valence-corrected chi connectivity index (χ2v) is 4.62. The standard InChI is InChI=1S/C15H28O/c1-3-4-5-6-7-8-9-10-11-12-13-14-15(2)16/h10-11H,3-9,12-14H2,1-2H3/b11-10+. The van der Waals surface area contributed by atoms with Crippen LogP contribution in [0.15, 0.2) is 12.2 Å². The van der Waals surface area contributed by atoms with Crippen LogP contribution in [0.4, 0.5) is 0 Å². The molecule has 0 radical (unpaired) electrons. The number of hydrogen-bond donors (Lipinski definition) is 0. The molecule has 0 heterocycles. The Morgan fingerprint density at radius 2 is 1.44 bits per heavy atom. The molecular weight excluding hydrogens is 196 g/mol. The number of Topliss-reactive ketones (excluding diaryl/α,β-unsaturated/α-hetero) is 1. The molecule has 0 aliphatic heterocycles. The fourth-order valence-electron chi connectivity index (χ4n) is 1.75. The molecule has 0 aromatic rings. The summed E-state index contributed by atoms with van der Waals surface area (Å²) in [6.45, 7) is 3.92. The van der Waals surface area contributed by atoms with Crippen molar-refractivity contribution in [2.24, 2.45) is 0 Å². The summed E-state index contributed by atoms with van der Waals surface area (Å²) in [5, 5.41) is 0. The van der Waals surface area contributed by atoms with E-state index in [1.54, 1.807) is 6.92 Å². The van der Waals surface area contributed by atoms with Gasteiger partial charge in [0.2, 0.25) is 0 Å². The van der Waals surface area contributed by atoms with E-state index in [2.05, 4.69) is 19.1 Å². The van der Waals surface area contributed by atoms with Crippen LogP contribution in [0.3, 0.4) is 0 Å². The Labute approximate surface area is 101 Å². The molecule has 0 aromatic carbocycles. The first kappa shape index (κ1) is 15.4. The third-order valence-corrected chi connectivity index (χ3v) is 2.79. The molecule has 0 unspecified atom stereocenters. The number of carbonyl (C=O) groups is 1. The normalized spacial score (nSPS) is 11.1. The van der Waals surface area contributed by atoms with E-state index in [1.165, 1.54) is 44.9 Å². The van der Waals surface area contributed by atoms with Crippen molar-refractivity contribution in [3.63, 3.8) is 0 Å². The lowest BCUT2D eigenvalue weighted by molar-refractivity contribution is -0.117. The molecule has 0 aromatic heterocycles. The van der Waals surface area contributed by atoms with E-state index in [0.29, 0.717) is 5.78 Å². The molecular formula is C15H28O. The van der Waals surface area contributed by atoms with Crippen molar-refractivity contribution < 1.29 is 4.79 Å². The summed E-state index contributed by atoms with van der Waals surface area (Å²) < 4.78 is 0. The van der Waals surface area contributed by atoms with Gasteiger partial charge in [0.15, 0.2) is 0 Å². The van der Waals surface area contributed by atoms with Gasteiger partial charge >= 0.3 is 0 Å². The average molecular weight is 224 g/mol. The van der Waals surface area contributed by atoms with Crippen LogP contribution in [0.25, 0.3) is 0 Å². The van der Waals surface area contributed by atoms with Crippen molar-refractivity contribution >= 4 is 5.78 Å². The van der Waals surface area contributed by atoms with Gasteiger partial charge in [0.25, 0.3) is 0 Å². The average Bonchev–Trinajstić information content (AvgIpc) is 2.25. The van der Waals surface area contributed by atoms with Crippen LogP contribution in [0.1, 0.15) is 78.1 Å². The van der Waals surface area contributed by atoms with Gasteiger partial charge in [-0.05, 0) is 32.6 Å². The van der Waals surface area contributed by atoms with Crippen LogP contribution in [-0.4, -0.2) is 5.78 Å². The SMILES string of the molecule is CCCCCCCC/C=C/CCCC(C)=O. The summed E-state index contributed by atoms with van der Waals surface area (Å²) in [6.07, 6.45) is 16.8. The predicted molar refractivity (Wildman–Crippen MR) is 71.7 cm³/mol. The minimum absolute atomic E-state index is 0.310. The zero-order valence-corrected chi connectivity index (χ0v) is 11.1. The maximum Gasteiger partial charge on any atom is 0.129 e. The second-order valence-electron chi connectivity index (χ2n) is 4.62. The van der Waals surface area contributed by atoms with Crippen molar-refractivity contribution in [3.05, 3.63) is 12.2 Å². The topological polar surface area (TPSA) is 17.1 Å². The van der Waals surface area contributed by atoms with Crippen molar-refractivity contribution in [1.82, 2.24) is 0 Å². The quantitative estimate of drug-likeness (QED) is 0.354. The smallest absolute Gasteiger partial charge is 0.129 e. The summed E-state index contributed by atoms with van der Waals surface area (Å²) >= 11 is 0. The van der Waals surface area contributed by atoms with E-state index in [0.717, 1.165) is 19.3 Å². The highest BCUT2D eigenvalue weighted by Crippen LogP contribution is 2.07. The van der Waals surface area contributed by atoms with Crippen molar-refractivity contribution in [2.75, 3.05) is 0 Å². The van der Waals surface area contributed by atoms with Gasteiger partial charge in [0.05, 0.1) is 0 Å². The molecule has 0 N–H and O–H groups in total. The molecule has 0 fully saturated rings. The maximum atomic E-state index is 10.7. The molecule has 0 aliphatic carbocycles. The minimum Gasteiger partial charge on any atom is -0.300 e. The number of ketones is 1. The molecule has 0 atom stereocenters. The highest BCUT2D eigenvalue weighted by atomic mass is 16.1. The number of unbranched alkanes of at least 4 members (excludes halogenated alkanes) is 7. The lowest BCUT2D eigenvalue weighted by Gasteiger charge is -1.97. The Balaban J connectivity index is 3.06. The summed E-state index contributed by atoms with van der Waals surface area (Å²) in [5.41, 5.74) is 0. The molecule has 0 amide bonds. The van der Waals surface area contributed by atoms with Crippen molar-refractivity contribution in [1.29, 1.82) is 0 Å². The van der Waals surface area contributed by atoms with Crippen molar-refractivity contribution in [2.45, 2.75) is 78.1 Å². The van der Waals surface area contributed by atoms with E-state index in [9.17, 15) is 4.79 Å². The lowest BCUT2D eigenvalue weighted by Crippen LogP contribution is -1.87. The zero-order chi connectivity index (χ0) is 12.1. The first-order valence-corrected chi connectivity index (χ1v) is 6.91. The van der Waals surface area contributed by atoms with Gasteiger partial charge in [-0.3, -0.25) is 0 Å².